The largest absolute Gasteiger partial charge is 0.453 e. The third-order valence-electron chi connectivity index (χ3n) is 2.11. The fourth-order valence-electron chi connectivity index (χ4n) is 1.38. The first kappa shape index (κ1) is 13.5. The van der Waals surface area contributed by atoms with Crippen molar-refractivity contribution >= 4 is 15.9 Å². The van der Waals surface area contributed by atoms with Gasteiger partial charge < -0.3 is 4.74 Å². The molecule has 0 aromatic heterocycles. The van der Waals surface area contributed by atoms with Gasteiger partial charge in [-0.25, -0.2) is 13.2 Å². The van der Waals surface area contributed by atoms with Gasteiger partial charge in [-0.3, -0.25) is 4.90 Å². The van der Waals surface area contributed by atoms with Crippen molar-refractivity contribution in [2.75, 3.05) is 20.0 Å². The van der Waals surface area contributed by atoms with Gasteiger partial charge in [0.1, 0.15) is 5.88 Å². The van der Waals surface area contributed by atoms with Crippen LogP contribution in [0.4, 0.5) is 4.79 Å². The molecule has 94 valence electrons. The first-order chi connectivity index (χ1) is 7.94. The minimum atomic E-state index is -3.36. The second-order valence-electron chi connectivity index (χ2n) is 3.67. The highest BCUT2D eigenvalue weighted by molar-refractivity contribution is 7.90. The fraction of sp³-hybridized carbons (Fsp3) is 0.364. The fourth-order valence-corrected chi connectivity index (χ4v) is 2.86. The van der Waals surface area contributed by atoms with Crippen LogP contribution in [0.15, 0.2) is 30.3 Å². The summed E-state index contributed by atoms with van der Waals surface area (Å²) in [6, 6.07) is 8.83. The molecule has 0 bridgehead atoms. The molecule has 0 aliphatic rings. The number of nitrogens with zero attached hydrogens (tertiary/aromatic N) is 1. The zero-order valence-corrected chi connectivity index (χ0v) is 10.6. The monoisotopic (exact) mass is 257 g/mol. The lowest BCUT2D eigenvalue weighted by Gasteiger charge is -2.15. The molecule has 0 spiro atoms. The molecule has 1 rings (SSSR count). The number of benzene rings is 1. The molecule has 0 N–H and O–H groups in total. The normalized spacial score (nSPS) is 10.9. The SMILES string of the molecule is COC(=O)N(C)CS(=O)(=O)Cc1ccccc1. The number of carbonyl (C=O) groups is 1. The van der Waals surface area contributed by atoms with Crippen LogP contribution in [-0.2, 0) is 20.3 Å². The maximum Gasteiger partial charge on any atom is 0.410 e. The quantitative estimate of drug-likeness (QED) is 0.814. The van der Waals surface area contributed by atoms with Crippen molar-refractivity contribution in [1.29, 1.82) is 0 Å². The molecule has 1 aromatic rings. The van der Waals surface area contributed by atoms with Gasteiger partial charge in [-0.15, -0.1) is 0 Å². The van der Waals surface area contributed by atoms with E-state index < -0.39 is 15.9 Å². The summed E-state index contributed by atoms with van der Waals surface area (Å²) in [5.41, 5.74) is 0.700. The molecule has 0 radical (unpaired) electrons. The van der Waals surface area contributed by atoms with E-state index in [1.807, 2.05) is 6.07 Å². The minimum Gasteiger partial charge on any atom is -0.453 e. The smallest absolute Gasteiger partial charge is 0.410 e. The second-order valence-corrected chi connectivity index (χ2v) is 5.70. The molecule has 0 aliphatic heterocycles. The van der Waals surface area contributed by atoms with Crippen LogP contribution in [0, 0.1) is 0 Å². The van der Waals surface area contributed by atoms with Gasteiger partial charge in [0, 0.05) is 7.05 Å². The van der Waals surface area contributed by atoms with E-state index in [2.05, 4.69) is 4.74 Å². The van der Waals surface area contributed by atoms with Crippen molar-refractivity contribution in [3.05, 3.63) is 35.9 Å². The molecule has 0 atom stereocenters. The molecule has 0 fully saturated rings. The summed E-state index contributed by atoms with van der Waals surface area (Å²) in [4.78, 5) is 12.1. The predicted octanol–water partition coefficient (Wildman–Crippen LogP) is 1.26. The summed E-state index contributed by atoms with van der Waals surface area (Å²) in [5.74, 6) is -0.441. The molecule has 0 saturated heterocycles. The van der Waals surface area contributed by atoms with E-state index in [9.17, 15) is 13.2 Å². The Hall–Kier alpha value is -1.56. The van der Waals surface area contributed by atoms with Crippen molar-refractivity contribution in [2.45, 2.75) is 5.75 Å². The predicted molar refractivity (Wildman–Crippen MR) is 64.1 cm³/mol. The highest BCUT2D eigenvalue weighted by Gasteiger charge is 2.18. The van der Waals surface area contributed by atoms with Gasteiger partial charge in [0.15, 0.2) is 9.84 Å². The van der Waals surface area contributed by atoms with Crippen LogP contribution in [0.25, 0.3) is 0 Å². The van der Waals surface area contributed by atoms with Crippen molar-refractivity contribution in [3.8, 4) is 0 Å². The van der Waals surface area contributed by atoms with Crippen LogP contribution in [0.2, 0.25) is 0 Å². The Bertz CT molecular complexity index is 470. The lowest BCUT2D eigenvalue weighted by Crippen LogP contribution is -2.32. The standard InChI is InChI=1S/C11H15NO4S/c1-12(11(13)16-2)9-17(14,15)8-10-6-4-3-5-7-10/h3-7H,8-9H2,1-2H3. The average molecular weight is 257 g/mol. The van der Waals surface area contributed by atoms with Crippen molar-refractivity contribution in [1.82, 2.24) is 4.90 Å². The van der Waals surface area contributed by atoms with E-state index in [1.165, 1.54) is 14.2 Å². The molecule has 6 heteroatoms. The Balaban J connectivity index is 2.67. The summed E-state index contributed by atoms with van der Waals surface area (Å²) in [6.45, 7) is 0. The molecule has 17 heavy (non-hydrogen) atoms. The van der Waals surface area contributed by atoms with Gasteiger partial charge in [-0.05, 0) is 5.56 Å². The van der Waals surface area contributed by atoms with E-state index in [1.54, 1.807) is 24.3 Å². The molecule has 0 aliphatic carbocycles. The zero-order chi connectivity index (χ0) is 12.9. The number of hydrogen-bond donors (Lipinski definition) is 0. The van der Waals surface area contributed by atoms with Crippen molar-refractivity contribution < 1.29 is 17.9 Å². The van der Waals surface area contributed by atoms with E-state index >= 15 is 0 Å². The molecule has 0 saturated carbocycles. The Labute approximate surface area is 101 Å². The van der Waals surface area contributed by atoms with Crippen molar-refractivity contribution in [3.63, 3.8) is 0 Å². The Morgan fingerprint density at radius 2 is 1.88 bits per heavy atom. The van der Waals surface area contributed by atoms with Crippen LogP contribution in [0.1, 0.15) is 5.56 Å². The zero-order valence-electron chi connectivity index (χ0n) is 9.79. The van der Waals surface area contributed by atoms with Gasteiger partial charge in [0.05, 0.1) is 12.9 Å². The Morgan fingerprint density at radius 1 is 1.29 bits per heavy atom. The Kier molecular flexibility index (Phi) is 4.51. The minimum absolute atomic E-state index is 0.0881. The molecule has 1 aromatic carbocycles. The third-order valence-corrected chi connectivity index (χ3v) is 3.66. The number of rotatable bonds is 4. The highest BCUT2D eigenvalue weighted by atomic mass is 32.2. The van der Waals surface area contributed by atoms with Crippen LogP contribution in [0.3, 0.4) is 0 Å². The lowest BCUT2D eigenvalue weighted by atomic mass is 10.2. The number of sulfone groups is 1. The van der Waals surface area contributed by atoms with Gasteiger partial charge in [0.2, 0.25) is 0 Å². The van der Waals surface area contributed by atoms with Gasteiger partial charge in [0.25, 0.3) is 0 Å². The van der Waals surface area contributed by atoms with Crippen LogP contribution in [0.5, 0.6) is 0 Å². The van der Waals surface area contributed by atoms with Gasteiger partial charge in [-0.2, -0.15) is 0 Å². The van der Waals surface area contributed by atoms with Gasteiger partial charge in [-0.1, -0.05) is 30.3 Å². The van der Waals surface area contributed by atoms with Crippen LogP contribution < -0.4 is 0 Å². The summed E-state index contributed by atoms with van der Waals surface area (Å²) in [5, 5.41) is 0. The highest BCUT2D eigenvalue weighted by Crippen LogP contribution is 2.07. The molecular weight excluding hydrogens is 242 g/mol. The molecule has 1 amide bonds. The number of methoxy groups -OCH3 is 1. The molecule has 5 nitrogen and oxygen atoms in total. The third kappa shape index (κ3) is 4.44. The van der Waals surface area contributed by atoms with Crippen molar-refractivity contribution in [2.24, 2.45) is 0 Å². The summed E-state index contributed by atoms with van der Waals surface area (Å²) < 4.78 is 28.0. The van der Waals surface area contributed by atoms with Gasteiger partial charge >= 0.3 is 6.09 Å². The summed E-state index contributed by atoms with van der Waals surface area (Å²) in [6.07, 6.45) is -0.665. The molecule has 0 unspecified atom stereocenters. The lowest BCUT2D eigenvalue weighted by molar-refractivity contribution is 0.139. The summed E-state index contributed by atoms with van der Waals surface area (Å²) >= 11 is 0. The van der Waals surface area contributed by atoms with E-state index in [0.717, 1.165) is 4.90 Å². The first-order valence-corrected chi connectivity index (χ1v) is 6.80. The summed E-state index contributed by atoms with van der Waals surface area (Å²) in [7, 11) is -0.770. The van der Waals surface area contributed by atoms with E-state index in [-0.39, 0.29) is 11.6 Å². The second kappa shape index (κ2) is 5.67. The van der Waals surface area contributed by atoms with Crippen LogP contribution >= 0.6 is 0 Å². The number of hydrogen-bond acceptors (Lipinski definition) is 4. The van der Waals surface area contributed by atoms with E-state index in [4.69, 9.17) is 0 Å². The Morgan fingerprint density at radius 3 is 2.41 bits per heavy atom. The number of ether oxygens (including phenoxy) is 1. The molecular formula is C11H15NO4S. The number of carbonyl (C=O) groups excluding carboxylic acids is 1. The van der Waals surface area contributed by atoms with Crippen LogP contribution in [-0.4, -0.2) is 39.4 Å². The average Bonchev–Trinajstić information content (AvgIpc) is 2.27. The number of amides is 1. The first-order valence-electron chi connectivity index (χ1n) is 4.98. The van der Waals surface area contributed by atoms with E-state index in [0.29, 0.717) is 5.56 Å². The topological polar surface area (TPSA) is 63.7 Å². The maximum absolute atomic E-state index is 11.8. The maximum atomic E-state index is 11.8. The molecule has 0 heterocycles.